The molecule has 19 heavy (non-hydrogen) atoms. The smallest absolute Gasteiger partial charge is 0.400 e. The van der Waals surface area contributed by atoms with E-state index in [-0.39, 0.29) is 6.08 Å². The monoisotopic (exact) mass is 251 g/mol. The van der Waals surface area contributed by atoms with Gasteiger partial charge < -0.3 is 14.9 Å². The highest BCUT2D eigenvalue weighted by atomic mass is 16.6. The van der Waals surface area contributed by atoms with Gasteiger partial charge in [-0.2, -0.15) is 10.2 Å². The first-order chi connectivity index (χ1) is 9.26. The zero-order valence-electron chi connectivity index (χ0n) is 9.83. The van der Waals surface area contributed by atoms with Gasteiger partial charge in [0.15, 0.2) is 11.3 Å². The third kappa shape index (κ3) is 2.07. The number of anilines is 1. The average molecular weight is 251 g/mol. The fourth-order valence-corrected chi connectivity index (χ4v) is 1.70. The second-order valence-corrected chi connectivity index (χ2v) is 3.91. The number of nitrogen functional groups attached to an aromatic ring is 1. The minimum atomic E-state index is 0.123. The van der Waals surface area contributed by atoms with Crippen LogP contribution in [-0.4, -0.2) is 4.98 Å². The molecule has 0 fully saturated rings. The van der Waals surface area contributed by atoms with Crippen LogP contribution >= 0.6 is 0 Å². The molecule has 0 radical (unpaired) electrons. The standard InChI is InChI=1S/C14H9N3O2/c15-8-9-5-6-12(10(16)7-9)18-14-17-11-3-1-2-4-13(11)19-14/h1-7H,16H2. The number of rotatable bonds is 2. The van der Waals surface area contributed by atoms with E-state index in [9.17, 15) is 0 Å². The van der Waals surface area contributed by atoms with Crippen molar-refractivity contribution in [3.8, 4) is 17.9 Å². The van der Waals surface area contributed by atoms with Gasteiger partial charge in [-0.1, -0.05) is 12.1 Å². The molecule has 2 N–H and O–H groups in total. The molecule has 0 spiro atoms. The van der Waals surface area contributed by atoms with Gasteiger partial charge in [0, 0.05) is 0 Å². The van der Waals surface area contributed by atoms with E-state index in [0.29, 0.717) is 28.1 Å². The predicted octanol–water partition coefficient (Wildman–Crippen LogP) is 3.07. The van der Waals surface area contributed by atoms with Gasteiger partial charge in [-0.25, -0.2) is 0 Å². The normalized spacial score (nSPS) is 10.3. The van der Waals surface area contributed by atoms with E-state index in [1.807, 2.05) is 24.3 Å². The van der Waals surface area contributed by atoms with Gasteiger partial charge in [-0.3, -0.25) is 0 Å². The largest absolute Gasteiger partial charge is 0.409 e. The summed E-state index contributed by atoms with van der Waals surface area (Å²) in [5.74, 6) is 0.408. The Morgan fingerprint density at radius 1 is 1.21 bits per heavy atom. The highest BCUT2D eigenvalue weighted by Gasteiger charge is 2.09. The molecule has 0 amide bonds. The Labute approximate surface area is 108 Å². The lowest BCUT2D eigenvalue weighted by Gasteiger charge is -2.04. The quantitative estimate of drug-likeness (QED) is 0.707. The number of nitriles is 1. The molecule has 92 valence electrons. The summed E-state index contributed by atoms with van der Waals surface area (Å²) in [7, 11) is 0. The van der Waals surface area contributed by atoms with E-state index in [4.69, 9.17) is 20.1 Å². The number of hydrogen-bond donors (Lipinski definition) is 1. The highest BCUT2D eigenvalue weighted by molar-refractivity contribution is 5.72. The predicted molar refractivity (Wildman–Crippen MR) is 69.7 cm³/mol. The first kappa shape index (κ1) is 11.1. The van der Waals surface area contributed by atoms with Gasteiger partial charge in [0.2, 0.25) is 0 Å². The lowest BCUT2D eigenvalue weighted by atomic mass is 10.2. The summed E-state index contributed by atoms with van der Waals surface area (Å²) in [4.78, 5) is 4.18. The lowest BCUT2D eigenvalue weighted by molar-refractivity contribution is 0.344. The Balaban J connectivity index is 1.94. The zero-order chi connectivity index (χ0) is 13.2. The highest BCUT2D eigenvalue weighted by Crippen LogP contribution is 2.29. The Kier molecular flexibility index (Phi) is 2.54. The molecule has 0 unspecified atom stereocenters. The van der Waals surface area contributed by atoms with Gasteiger partial charge in [-0.15, -0.1) is 0 Å². The second kappa shape index (κ2) is 4.35. The van der Waals surface area contributed by atoms with Crippen LogP contribution in [-0.2, 0) is 0 Å². The van der Waals surface area contributed by atoms with E-state index in [1.165, 1.54) is 6.07 Å². The number of para-hydroxylation sites is 2. The number of fused-ring (bicyclic) bond motifs is 1. The van der Waals surface area contributed by atoms with Crippen LogP contribution in [0.2, 0.25) is 0 Å². The summed E-state index contributed by atoms with van der Waals surface area (Å²) in [5, 5.41) is 8.76. The number of ether oxygens (including phenoxy) is 1. The van der Waals surface area contributed by atoms with E-state index in [1.54, 1.807) is 18.2 Å². The van der Waals surface area contributed by atoms with E-state index >= 15 is 0 Å². The molecule has 0 atom stereocenters. The van der Waals surface area contributed by atoms with Crippen molar-refractivity contribution >= 4 is 16.8 Å². The number of oxazole rings is 1. The fourth-order valence-electron chi connectivity index (χ4n) is 1.70. The summed E-state index contributed by atoms with van der Waals surface area (Å²) in [5.41, 5.74) is 7.99. The van der Waals surface area contributed by atoms with Crippen LogP contribution in [0.3, 0.4) is 0 Å². The molecule has 3 rings (SSSR count). The molecular weight excluding hydrogens is 242 g/mol. The Morgan fingerprint density at radius 3 is 2.79 bits per heavy atom. The van der Waals surface area contributed by atoms with Crippen LogP contribution in [0, 0.1) is 11.3 Å². The number of nitrogens with two attached hydrogens (primary N) is 1. The topological polar surface area (TPSA) is 85.1 Å². The molecule has 0 aliphatic rings. The molecule has 3 aromatic rings. The van der Waals surface area contributed by atoms with Crippen molar-refractivity contribution < 1.29 is 9.15 Å². The van der Waals surface area contributed by atoms with Gasteiger partial charge in [-0.05, 0) is 30.3 Å². The Hall–Kier alpha value is -3.00. The van der Waals surface area contributed by atoms with Crippen molar-refractivity contribution in [2.45, 2.75) is 0 Å². The maximum absolute atomic E-state index is 8.76. The van der Waals surface area contributed by atoms with Gasteiger partial charge >= 0.3 is 6.08 Å². The van der Waals surface area contributed by atoms with Gasteiger partial charge in [0.1, 0.15) is 5.52 Å². The molecule has 0 aliphatic heterocycles. The van der Waals surface area contributed by atoms with Crippen LogP contribution in [0.15, 0.2) is 46.9 Å². The maximum atomic E-state index is 8.76. The molecule has 1 heterocycles. The number of benzene rings is 2. The molecule has 5 heteroatoms. The van der Waals surface area contributed by atoms with E-state index in [2.05, 4.69) is 4.98 Å². The molecule has 0 saturated carbocycles. The van der Waals surface area contributed by atoms with Crippen molar-refractivity contribution in [1.29, 1.82) is 5.26 Å². The first-order valence-electron chi connectivity index (χ1n) is 5.59. The Bertz CT molecular complexity index is 754. The van der Waals surface area contributed by atoms with Crippen molar-refractivity contribution in [3.05, 3.63) is 48.0 Å². The number of aromatic nitrogens is 1. The first-order valence-corrected chi connectivity index (χ1v) is 5.59. The maximum Gasteiger partial charge on any atom is 0.400 e. The van der Waals surface area contributed by atoms with Crippen LogP contribution in [0.4, 0.5) is 5.69 Å². The van der Waals surface area contributed by atoms with Crippen molar-refractivity contribution in [2.75, 3.05) is 5.73 Å². The van der Waals surface area contributed by atoms with Gasteiger partial charge in [0.05, 0.1) is 17.3 Å². The summed E-state index contributed by atoms with van der Waals surface area (Å²) in [6.45, 7) is 0. The zero-order valence-corrected chi connectivity index (χ0v) is 9.83. The SMILES string of the molecule is N#Cc1ccc(Oc2nc3ccccc3o2)c(N)c1. The van der Waals surface area contributed by atoms with Crippen LogP contribution in [0.25, 0.3) is 11.1 Å². The third-order valence-electron chi connectivity index (χ3n) is 2.61. The lowest BCUT2D eigenvalue weighted by Crippen LogP contribution is -1.92. The van der Waals surface area contributed by atoms with Gasteiger partial charge in [0.25, 0.3) is 0 Å². The third-order valence-corrected chi connectivity index (χ3v) is 2.61. The van der Waals surface area contributed by atoms with Crippen molar-refractivity contribution in [3.63, 3.8) is 0 Å². The average Bonchev–Trinajstić information content (AvgIpc) is 2.83. The molecule has 0 bridgehead atoms. The summed E-state index contributed by atoms with van der Waals surface area (Å²) < 4.78 is 10.9. The second-order valence-electron chi connectivity index (χ2n) is 3.91. The Morgan fingerprint density at radius 2 is 2.05 bits per heavy atom. The summed E-state index contributed by atoms with van der Waals surface area (Å²) in [6.07, 6.45) is 0.123. The minimum absolute atomic E-state index is 0.123. The van der Waals surface area contributed by atoms with Crippen LogP contribution in [0.5, 0.6) is 11.8 Å². The summed E-state index contributed by atoms with van der Waals surface area (Å²) in [6, 6.07) is 14.1. The molecule has 0 aliphatic carbocycles. The molecule has 2 aromatic carbocycles. The molecule has 5 nitrogen and oxygen atoms in total. The summed E-state index contributed by atoms with van der Waals surface area (Å²) >= 11 is 0. The fraction of sp³-hybridized carbons (Fsp3) is 0. The number of nitrogens with zero attached hydrogens (tertiary/aromatic N) is 2. The van der Waals surface area contributed by atoms with Crippen LogP contribution in [0.1, 0.15) is 5.56 Å². The molecule has 0 saturated heterocycles. The molecule has 1 aromatic heterocycles. The van der Waals surface area contributed by atoms with E-state index < -0.39 is 0 Å². The number of hydrogen-bond acceptors (Lipinski definition) is 5. The molecular formula is C14H9N3O2. The van der Waals surface area contributed by atoms with Crippen LogP contribution < -0.4 is 10.5 Å². The van der Waals surface area contributed by atoms with E-state index in [0.717, 1.165) is 0 Å². The van der Waals surface area contributed by atoms with Crippen molar-refractivity contribution in [2.24, 2.45) is 0 Å². The van der Waals surface area contributed by atoms with Crippen molar-refractivity contribution in [1.82, 2.24) is 4.98 Å². The minimum Gasteiger partial charge on any atom is -0.409 e.